The number of phenols is 1. The van der Waals surface area contributed by atoms with Gasteiger partial charge in [0, 0.05) is 12.8 Å². The maximum atomic E-state index is 11.8. The summed E-state index contributed by atoms with van der Waals surface area (Å²) in [6, 6.07) is 3.69. The smallest absolute Gasteiger partial charge is 0.337 e. The van der Waals surface area contributed by atoms with Crippen LogP contribution in [0.1, 0.15) is 28.5 Å². The van der Waals surface area contributed by atoms with Crippen LogP contribution in [0.5, 0.6) is 5.75 Å². The number of carboxylic acid groups (broad SMARTS) is 1. The molecular weight excluding hydrogens is 278 g/mol. The number of carbonyl (C=O) groups is 2. The molecule has 0 bridgehead atoms. The third-order valence-corrected chi connectivity index (χ3v) is 2.64. The minimum absolute atomic E-state index is 0.0710. The second-order valence-corrected chi connectivity index (χ2v) is 4.32. The molecule has 0 aliphatic rings. The Kier molecular flexibility index (Phi) is 4.17. The summed E-state index contributed by atoms with van der Waals surface area (Å²) in [5.74, 6) is -0.997. The van der Waals surface area contributed by atoms with Gasteiger partial charge in [0.1, 0.15) is 5.75 Å². The van der Waals surface area contributed by atoms with Crippen molar-refractivity contribution in [2.75, 3.05) is 5.32 Å². The standard InChI is InChI=1S/C13H13N3O5/c1-7-14-12(21-16-7)5-4-11(18)15-10-3-2-8(17)6-9(10)13(19)20/h2-3,6,17H,4-5H2,1H3,(H,15,18)(H,19,20). The number of nitrogens with zero attached hydrogens (tertiary/aromatic N) is 2. The van der Waals surface area contributed by atoms with E-state index in [1.165, 1.54) is 12.1 Å². The highest BCUT2D eigenvalue weighted by molar-refractivity contribution is 6.00. The van der Waals surface area contributed by atoms with Gasteiger partial charge in [-0.05, 0) is 25.1 Å². The first-order valence-electron chi connectivity index (χ1n) is 6.11. The summed E-state index contributed by atoms with van der Waals surface area (Å²) in [7, 11) is 0. The molecule has 0 radical (unpaired) electrons. The lowest BCUT2D eigenvalue weighted by Gasteiger charge is -2.08. The minimum atomic E-state index is -1.24. The van der Waals surface area contributed by atoms with E-state index < -0.39 is 5.97 Å². The van der Waals surface area contributed by atoms with Gasteiger partial charge in [-0.15, -0.1) is 0 Å². The first-order valence-corrected chi connectivity index (χ1v) is 6.11. The number of carboxylic acids is 1. The summed E-state index contributed by atoms with van der Waals surface area (Å²) < 4.78 is 4.87. The number of hydrogen-bond acceptors (Lipinski definition) is 6. The third kappa shape index (κ3) is 3.78. The number of hydrogen-bond donors (Lipinski definition) is 3. The molecule has 21 heavy (non-hydrogen) atoms. The van der Waals surface area contributed by atoms with Gasteiger partial charge < -0.3 is 20.1 Å². The number of carbonyl (C=O) groups excluding carboxylic acids is 1. The molecule has 1 aromatic carbocycles. The van der Waals surface area contributed by atoms with Gasteiger partial charge in [0.2, 0.25) is 11.8 Å². The van der Waals surface area contributed by atoms with E-state index in [9.17, 15) is 14.7 Å². The Labute approximate surface area is 119 Å². The molecular formula is C13H13N3O5. The van der Waals surface area contributed by atoms with E-state index in [4.69, 9.17) is 9.63 Å². The Morgan fingerprint density at radius 3 is 2.76 bits per heavy atom. The summed E-state index contributed by atoms with van der Waals surface area (Å²) in [5.41, 5.74) is -0.0657. The van der Waals surface area contributed by atoms with Crippen LogP contribution in [-0.2, 0) is 11.2 Å². The fourth-order valence-corrected chi connectivity index (χ4v) is 1.69. The summed E-state index contributed by atoms with van der Waals surface area (Å²) >= 11 is 0. The predicted molar refractivity (Wildman–Crippen MR) is 71.1 cm³/mol. The van der Waals surface area contributed by atoms with Crippen LogP contribution in [0.2, 0.25) is 0 Å². The molecule has 0 aliphatic carbocycles. The highest BCUT2D eigenvalue weighted by Crippen LogP contribution is 2.21. The van der Waals surface area contributed by atoms with Crippen molar-refractivity contribution in [1.29, 1.82) is 0 Å². The van der Waals surface area contributed by atoms with Crippen LogP contribution >= 0.6 is 0 Å². The number of aromatic carboxylic acids is 1. The summed E-state index contributed by atoms with van der Waals surface area (Å²) in [6.07, 6.45) is 0.328. The predicted octanol–water partition coefficient (Wildman–Crippen LogP) is 1.35. The molecule has 8 heteroatoms. The Morgan fingerprint density at radius 1 is 1.38 bits per heavy atom. The molecule has 1 amide bonds. The molecule has 110 valence electrons. The van der Waals surface area contributed by atoms with Crippen LogP contribution < -0.4 is 5.32 Å². The molecule has 2 rings (SSSR count). The number of anilines is 1. The van der Waals surface area contributed by atoms with Crippen LogP contribution in [0.4, 0.5) is 5.69 Å². The monoisotopic (exact) mass is 291 g/mol. The number of aromatic hydroxyl groups is 1. The van der Waals surface area contributed by atoms with Gasteiger partial charge in [-0.25, -0.2) is 4.79 Å². The summed E-state index contributed by atoms with van der Waals surface area (Å²) in [5, 5.41) is 24.4. The fourth-order valence-electron chi connectivity index (χ4n) is 1.69. The largest absolute Gasteiger partial charge is 0.508 e. The van der Waals surface area contributed by atoms with Gasteiger partial charge in [-0.2, -0.15) is 4.98 Å². The topological polar surface area (TPSA) is 126 Å². The van der Waals surface area contributed by atoms with E-state index in [-0.39, 0.29) is 35.7 Å². The van der Waals surface area contributed by atoms with Crippen molar-refractivity contribution in [1.82, 2.24) is 10.1 Å². The normalized spacial score (nSPS) is 10.3. The maximum Gasteiger partial charge on any atom is 0.337 e. The molecule has 0 saturated carbocycles. The van der Waals surface area contributed by atoms with Gasteiger partial charge >= 0.3 is 5.97 Å². The van der Waals surface area contributed by atoms with Crippen molar-refractivity contribution in [3.05, 3.63) is 35.5 Å². The van der Waals surface area contributed by atoms with Crippen molar-refractivity contribution in [3.8, 4) is 5.75 Å². The van der Waals surface area contributed by atoms with E-state index in [0.717, 1.165) is 6.07 Å². The molecule has 0 atom stereocenters. The Bertz CT molecular complexity index is 680. The number of amides is 1. The second kappa shape index (κ2) is 6.04. The van der Waals surface area contributed by atoms with E-state index in [2.05, 4.69) is 15.5 Å². The zero-order chi connectivity index (χ0) is 15.4. The molecule has 0 aliphatic heterocycles. The van der Waals surface area contributed by atoms with Crippen molar-refractivity contribution in [3.63, 3.8) is 0 Å². The number of aromatic nitrogens is 2. The molecule has 1 heterocycles. The average Bonchev–Trinajstić information content (AvgIpc) is 2.84. The highest BCUT2D eigenvalue weighted by atomic mass is 16.5. The van der Waals surface area contributed by atoms with Gasteiger partial charge in [-0.3, -0.25) is 4.79 Å². The summed E-state index contributed by atoms with van der Waals surface area (Å²) in [6.45, 7) is 1.67. The zero-order valence-electron chi connectivity index (χ0n) is 11.2. The lowest BCUT2D eigenvalue weighted by molar-refractivity contribution is -0.116. The van der Waals surface area contributed by atoms with Crippen LogP contribution in [0.25, 0.3) is 0 Å². The maximum absolute atomic E-state index is 11.8. The second-order valence-electron chi connectivity index (χ2n) is 4.32. The van der Waals surface area contributed by atoms with Crippen molar-refractivity contribution in [2.24, 2.45) is 0 Å². The lowest BCUT2D eigenvalue weighted by atomic mass is 10.1. The van der Waals surface area contributed by atoms with E-state index in [1.54, 1.807) is 6.92 Å². The Balaban J connectivity index is 2.01. The molecule has 0 spiro atoms. The molecule has 0 fully saturated rings. The van der Waals surface area contributed by atoms with Gasteiger partial charge in [0.25, 0.3) is 0 Å². The van der Waals surface area contributed by atoms with Gasteiger partial charge in [-0.1, -0.05) is 5.16 Å². The van der Waals surface area contributed by atoms with Crippen LogP contribution in [0.3, 0.4) is 0 Å². The average molecular weight is 291 g/mol. The molecule has 0 saturated heterocycles. The SMILES string of the molecule is Cc1noc(CCC(=O)Nc2ccc(O)cc2C(=O)O)n1. The minimum Gasteiger partial charge on any atom is -0.508 e. The van der Waals surface area contributed by atoms with Crippen LogP contribution in [-0.4, -0.2) is 32.2 Å². The number of benzene rings is 1. The zero-order valence-corrected chi connectivity index (χ0v) is 11.2. The first-order chi connectivity index (χ1) is 9.95. The van der Waals surface area contributed by atoms with Crippen molar-refractivity contribution in [2.45, 2.75) is 19.8 Å². The molecule has 8 nitrogen and oxygen atoms in total. The quantitative estimate of drug-likeness (QED) is 0.710. The van der Waals surface area contributed by atoms with E-state index in [0.29, 0.717) is 11.7 Å². The number of rotatable bonds is 5. The van der Waals surface area contributed by atoms with Crippen molar-refractivity contribution < 1.29 is 24.3 Å². The van der Waals surface area contributed by atoms with E-state index >= 15 is 0 Å². The molecule has 0 unspecified atom stereocenters. The van der Waals surface area contributed by atoms with Crippen LogP contribution in [0.15, 0.2) is 22.7 Å². The Hall–Kier alpha value is -2.90. The third-order valence-electron chi connectivity index (χ3n) is 2.64. The highest BCUT2D eigenvalue weighted by Gasteiger charge is 2.14. The van der Waals surface area contributed by atoms with Gasteiger partial charge in [0.05, 0.1) is 11.3 Å². The van der Waals surface area contributed by atoms with Crippen LogP contribution in [0, 0.1) is 6.92 Å². The van der Waals surface area contributed by atoms with Gasteiger partial charge in [0.15, 0.2) is 5.82 Å². The summed E-state index contributed by atoms with van der Waals surface area (Å²) in [4.78, 5) is 26.8. The molecule has 2 aromatic rings. The van der Waals surface area contributed by atoms with Crippen molar-refractivity contribution >= 4 is 17.6 Å². The number of aryl methyl sites for hydroxylation is 2. The number of nitrogens with one attached hydrogen (secondary N) is 1. The Morgan fingerprint density at radius 2 is 2.14 bits per heavy atom. The number of phenolic OH excluding ortho intramolecular Hbond substituents is 1. The molecule has 1 aromatic heterocycles. The fraction of sp³-hybridized carbons (Fsp3) is 0.231. The molecule has 3 N–H and O–H groups in total. The first kappa shape index (κ1) is 14.5. The van der Waals surface area contributed by atoms with E-state index in [1.807, 2.05) is 0 Å². The lowest BCUT2D eigenvalue weighted by Crippen LogP contribution is -2.15.